The number of nitrogens with one attached hydrogen (secondary N) is 1. The lowest BCUT2D eigenvalue weighted by atomic mass is 10.0. The van der Waals surface area contributed by atoms with Crippen molar-refractivity contribution in [2.24, 2.45) is 0 Å². The molecule has 0 saturated heterocycles. The van der Waals surface area contributed by atoms with Gasteiger partial charge in [-0.25, -0.2) is 0 Å². The van der Waals surface area contributed by atoms with E-state index in [1.54, 1.807) is 12.1 Å². The summed E-state index contributed by atoms with van der Waals surface area (Å²) in [4.78, 5) is -0.0896. The van der Waals surface area contributed by atoms with Crippen molar-refractivity contribution in [2.45, 2.75) is 11.3 Å². The lowest BCUT2D eigenvalue weighted by Gasteiger charge is -2.13. The van der Waals surface area contributed by atoms with E-state index >= 15 is 0 Å². The Hall–Kier alpha value is -2.11. The van der Waals surface area contributed by atoms with E-state index in [9.17, 15) is 13.0 Å². The SMILES string of the molecule is C=CNc1cccc(S(=O)(=O)O)c1Cc1ccccc1. The Morgan fingerprint density at radius 1 is 1.10 bits per heavy atom. The van der Waals surface area contributed by atoms with Gasteiger partial charge in [0.2, 0.25) is 0 Å². The minimum atomic E-state index is -4.27. The summed E-state index contributed by atoms with van der Waals surface area (Å²) < 4.78 is 32.4. The van der Waals surface area contributed by atoms with Crippen LogP contribution in [0.25, 0.3) is 0 Å². The monoisotopic (exact) mass is 289 g/mol. The molecule has 4 nitrogen and oxygen atoms in total. The van der Waals surface area contributed by atoms with Crippen LogP contribution in [0.1, 0.15) is 11.1 Å². The predicted octanol–water partition coefficient (Wildman–Crippen LogP) is 3.08. The highest BCUT2D eigenvalue weighted by atomic mass is 32.2. The van der Waals surface area contributed by atoms with E-state index < -0.39 is 10.1 Å². The van der Waals surface area contributed by atoms with Gasteiger partial charge in [-0.05, 0) is 23.9 Å². The molecule has 2 aromatic rings. The summed E-state index contributed by atoms with van der Waals surface area (Å²) in [7, 11) is -4.27. The summed E-state index contributed by atoms with van der Waals surface area (Å²) in [6.07, 6.45) is 1.87. The van der Waals surface area contributed by atoms with Crippen LogP contribution in [0.4, 0.5) is 5.69 Å². The van der Waals surface area contributed by atoms with Gasteiger partial charge in [-0.1, -0.05) is 43.0 Å². The molecule has 2 aromatic carbocycles. The fourth-order valence-electron chi connectivity index (χ4n) is 2.03. The molecule has 0 atom stereocenters. The molecule has 104 valence electrons. The molecule has 2 N–H and O–H groups in total. The third-order valence-corrected chi connectivity index (χ3v) is 3.83. The van der Waals surface area contributed by atoms with E-state index in [1.165, 1.54) is 12.3 Å². The van der Waals surface area contributed by atoms with Crippen molar-refractivity contribution >= 4 is 15.8 Å². The predicted molar refractivity (Wildman–Crippen MR) is 79.3 cm³/mol. The van der Waals surface area contributed by atoms with Crippen molar-refractivity contribution in [1.82, 2.24) is 0 Å². The molecule has 0 aromatic heterocycles. The largest absolute Gasteiger partial charge is 0.362 e. The summed E-state index contributed by atoms with van der Waals surface area (Å²) in [5.41, 5.74) is 2.08. The van der Waals surface area contributed by atoms with E-state index in [0.717, 1.165) is 5.56 Å². The molecule has 0 aliphatic heterocycles. The maximum atomic E-state index is 11.5. The van der Waals surface area contributed by atoms with Crippen LogP contribution in [0.15, 0.2) is 66.2 Å². The molecular formula is C15H15NO3S. The average Bonchev–Trinajstić information content (AvgIpc) is 2.41. The van der Waals surface area contributed by atoms with Gasteiger partial charge in [-0.15, -0.1) is 0 Å². The van der Waals surface area contributed by atoms with Gasteiger partial charge in [-0.2, -0.15) is 8.42 Å². The van der Waals surface area contributed by atoms with E-state index in [0.29, 0.717) is 17.7 Å². The van der Waals surface area contributed by atoms with Crippen LogP contribution >= 0.6 is 0 Å². The fraction of sp³-hybridized carbons (Fsp3) is 0.0667. The first-order valence-electron chi connectivity index (χ1n) is 6.03. The maximum absolute atomic E-state index is 11.5. The lowest BCUT2D eigenvalue weighted by molar-refractivity contribution is 0.482. The average molecular weight is 289 g/mol. The van der Waals surface area contributed by atoms with Crippen molar-refractivity contribution < 1.29 is 13.0 Å². The molecule has 0 saturated carbocycles. The maximum Gasteiger partial charge on any atom is 0.294 e. The molecule has 0 aliphatic carbocycles. The zero-order valence-electron chi connectivity index (χ0n) is 10.8. The Kier molecular flexibility index (Phi) is 4.22. The summed E-state index contributed by atoms with van der Waals surface area (Å²) in [5.74, 6) is 0. The number of hydrogen-bond acceptors (Lipinski definition) is 3. The molecule has 0 fully saturated rings. The Morgan fingerprint density at radius 3 is 2.40 bits per heavy atom. The molecule has 0 amide bonds. The van der Waals surface area contributed by atoms with Crippen LogP contribution in [0.3, 0.4) is 0 Å². The molecular weight excluding hydrogens is 274 g/mol. The van der Waals surface area contributed by atoms with E-state index in [1.807, 2.05) is 30.3 Å². The Morgan fingerprint density at radius 2 is 1.80 bits per heavy atom. The second kappa shape index (κ2) is 5.90. The van der Waals surface area contributed by atoms with Gasteiger partial charge >= 0.3 is 0 Å². The summed E-state index contributed by atoms with van der Waals surface area (Å²) >= 11 is 0. The van der Waals surface area contributed by atoms with Crippen molar-refractivity contribution in [1.29, 1.82) is 0 Å². The number of rotatable bonds is 5. The first-order chi connectivity index (χ1) is 9.52. The molecule has 5 heteroatoms. The molecule has 0 radical (unpaired) electrons. The summed E-state index contributed by atoms with van der Waals surface area (Å²) in [5, 5.41) is 2.90. The van der Waals surface area contributed by atoms with Gasteiger partial charge in [0.1, 0.15) is 0 Å². The van der Waals surface area contributed by atoms with Gasteiger partial charge in [0.25, 0.3) is 10.1 Å². The topological polar surface area (TPSA) is 66.4 Å². The van der Waals surface area contributed by atoms with Crippen LogP contribution in [0.2, 0.25) is 0 Å². The minimum Gasteiger partial charge on any atom is -0.362 e. The lowest BCUT2D eigenvalue weighted by Crippen LogP contribution is -2.06. The van der Waals surface area contributed by atoms with Gasteiger partial charge in [0, 0.05) is 17.7 Å². The van der Waals surface area contributed by atoms with E-state index in [4.69, 9.17) is 0 Å². The first-order valence-corrected chi connectivity index (χ1v) is 7.47. The summed E-state index contributed by atoms with van der Waals surface area (Å²) in [6, 6.07) is 14.2. The third kappa shape index (κ3) is 3.26. The molecule has 2 rings (SSSR count). The Labute approximate surface area is 118 Å². The molecule has 0 heterocycles. The molecule has 20 heavy (non-hydrogen) atoms. The fourth-order valence-corrected chi connectivity index (χ4v) is 2.78. The van der Waals surface area contributed by atoms with Gasteiger partial charge in [-0.3, -0.25) is 4.55 Å². The van der Waals surface area contributed by atoms with Crippen molar-refractivity contribution in [3.05, 3.63) is 72.4 Å². The Bertz CT molecular complexity index is 709. The molecule has 0 spiro atoms. The smallest absolute Gasteiger partial charge is 0.294 e. The van der Waals surface area contributed by atoms with Crippen LogP contribution in [0, 0.1) is 0 Å². The Balaban J connectivity index is 2.55. The quantitative estimate of drug-likeness (QED) is 0.830. The van der Waals surface area contributed by atoms with Gasteiger partial charge < -0.3 is 5.32 Å². The van der Waals surface area contributed by atoms with Crippen molar-refractivity contribution in [3.8, 4) is 0 Å². The first kappa shape index (κ1) is 14.3. The second-order valence-electron chi connectivity index (χ2n) is 4.27. The van der Waals surface area contributed by atoms with Crippen LogP contribution in [-0.4, -0.2) is 13.0 Å². The molecule has 0 bridgehead atoms. The highest BCUT2D eigenvalue weighted by molar-refractivity contribution is 7.85. The zero-order chi connectivity index (χ0) is 14.6. The normalized spacial score (nSPS) is 11.1. The zero-order valence-corrected chi connectivity index (χ0v) is 11.6. The highest BCUT2D eigenvalue weighted by Crippen LogP contribution is 2.26. The van der Waals surface area contributed by atoms with Crippen LogP contribution < -0.4 is 5.32 Å². The molecule has 0 aliphatic rings. The van der Waals surface area contributed by atoms with E-state index in [-0.39, 0.29) is 4.90 Å². The number of anilines is 1. The molecule has 0 unspecified atom stereocenters. The minimum absolute atomic E-state index is 0.0896. The second-order valence-corrected chi connectivity index (χ2v) is 5.66. The van der Waals surface area contributed by atoms with Gasteiger partial charge in [0.05, 0.1) is 4.90 Å². The van der Waals surface area contributed by atoms with Gasteiger partial charge in [0.15, 0.2) is 0 Å². The highest BCUT2D eigenvalue weighted by Gasteiger charge is 2.18. The summed E-state index contributed by atoms with van der Waals surface area (Å²) in [6.45, 7) is 3.57. The number of benzene rings is 2. The van der Waals surface area contributed by atoms with Crippen molar-refractivity contribution in [2.75, 3.05) is 5.32 Å². The third-order valence-electron chi connectivity index (χ3n) is 2.89. The van der Waals surface area contributed by atoms with E-state index in [2.05, 4.69) is 11.9 Å². The van der Waals surface area contributed by atoms with Crippen LogP contribution in [0.5, 0.6) is 0 Å². The van der Waals surface area contributed by atoms with Crippen LogP contribution in [-0.2, 0) is 16.5 Å². The van der Waals surface area contributed by atoms with Crippen molar-refractivity contribution in [3.63, 3.8) is 0 Å². The standard InChI is InChI=1S/C15H15NO3S/c1-2-16-14-9-6-10-15(20(17,18)19)13(14)11-12-7-4-3-5-8-12/h2-10,16H,1,11H2,(H,17,18,19). The number of hydrogen-bond donors (Lipinski definition) is 2.